The molecule has 3 heterocycles. The molecule has 3 aromatic carbocycles. The molecule has 18 heteroatoms. The highest BCUT2D eigenvalue weighted by molar-refractivity contribution is 7.90. The van der Waals surface area contributed by atoms with Crippen LogP contribution < -0.4 is 4.72 Å². The lowest BCUT2D eigenvalue weighted by molar-refractivity contribution is -0.709. The zero-order chi connectivity index (χ0) is 36.0. The highest BCUT2D eigenvalue weighted by atomic mass is 32.2. The average molecular weight is 712 g/mol. The molecular formula is C32H28F3N7O7S. The second-order valence-corrected chi connectivity index (χ2v) is 13.3. The molecule has 3 amide bonds. The lowest BCUT2D eigenvalue weighted by atomic mass is 10.1. The molecule has 4 aromatic rings. The van der Waals surface area contributed by atoms with Gasteiger partial charge in [0.15, 0.2) is 5.69 Å². The van der Waals surface area contributed by atoms with Crippen molar-refractivity contribution in [2.45, 2.75) is 37.6 Å². The number of alkyl halides is 3. The van der Waals surface area contributed by atoms with Crippen LogP contribution in [0.1, 0.15) is 45.3 Å². The molecular weight excluding hydrogens is 683 g/mol. The Morgan fingerprint density at radius 2 is 1.66 bits per heavy atom. The van der Waals surface area contributed by atoms with Gasteiger partial charge in [-0.15, -0.1) is 5.01 Å². The number of hydrogen-bond acceptors (Lipinski definition) is 9. The van der Waals surface area contributed by atoms with E-state index in [1.54, 1.807) is 36.4 Å². The Balaban J connectivity index is 1.09. The Morgan fingerprint density at radius 1 is 1.04 bits per heavy atom. The number of aromatic nitrogens is 2. The number of amides is 3. The van der Waals surface area contributed by atoms with Crippen LogP contribution in [0.15, 0.2) is 89.0 Å². The first-order valence-electron chi connectivity index (χ1n) is 15.1. The smallest absolute Gasteiger partial charge is 0.435 e. The van der Waals surface area contributed by atoms with Gasteiger partial charge >= 0.3 is 6.18 Å². The zero-order valence-corrected chi connectivity index (χ0v) is 27.2. The van der Waals surface area contributed by atoms with Gasteiger partial charge in [-0.2, -0.15) is 18.3 Å². The highest BCUT2D eigenvalue weighted by Gasteiger charge is 2.40. The molecule has 2 unspecified atom stereocenters. The van der Waals surface area contributed by atoms with Gasteiger partial charge in [0.05, 0.1) is 51.4 Å². The van der Waals surface area contributed by atoms with Crippen molar-refractivity contribution in [2.24, 2.45) is 11.2 Å². The van der Waals surface area contributed by atoms with Crippen LogP contribution in [-0.4, -0.2) is 70.1 Å². The largest absolute Gasteiger partial charge is 0.569 e. The van der Waals surface area contributed by atoms with E-state index < -0.39 is 51.8 Å². The summed E-state index contributed by atoms with van der Waals surface area (Å²) in [7, 11) is -4.42. The second-order valence-electron chi connectivity index (χ2n) is 11.6. The standard InChI is InChI=1S/C32H28F3N7O7S/c1-19-7-9-21(10-8-19)27-17-28(32(33,34)35)36-41(27)23-11-13-24(14-12-23)50(47,48)37-29(43)22-15-16-39(18-22)42(46)38-49-20(2)40-30(44)25-5-3-4-6-26(25)31(40)45/h3-14,17,20,22H,15-16,18H2,1-2H3,(H,37,43)/b42-38-. The molecule has 1 saturated heterocycles. The van der Waals surface area contributed by atoms with Gasteiger partial charge in [0.1, 0.15) is 0 Å². The van der Waals surface area contributed by atoms with E-state index in [4.69, 9.17) is 4.84 Å². The van der Waals surface area contributed by atoms with Crippen molar-refractivity contribution in [2.75, 3.05) is 13.1 Å². The van der Waals surface area contributed by atoms with E-state index in [2.05, 4.69) is 10.4 Å². The second kappa shape index (κ2) is 12.9. The summed E-state index contributed by atoms with van der Waals surface area (Å²) in [5, 5.41) is 20.8. The molecule has 0 spiro atoms. The van der Waals surface area contributed by atoms with Crippen molar-refractivity contribution in [1.29, 1.82) is 0 Å². The van der Waals surface area contributed by atoms with Crippen molar-refractivity contribution in [1.82, 2.24) is 24.4 Å². The molecule has 14 nitrogen and oxygen atoms in total. The first-order valence-corrected chi connectivity index (χ1v) is 16.6. The summed E-state index contributed by atoms with van der Waals surface area (Å²) in [6.07, 6.45) is -5.87. The van der Waals surface area contributed by atoms with Gasteiger partial charge in [-0.25, -0.2) is 22.7 Å². The van der Waals surface area contributed by atoms with Gasteiger partial charge in [-0.1, -0.05) is 42.0 Å². The number of sulfonamides is 1. The molecule has 1 aromatic heterocycles. The summed E-state index contributed by atoms with van der Waals surface area (Å²) in [5.74, 6) is -3.05. The predicted molar refractivity (Wildman–Crippen MR) is 167 cm³/mol. The molecule has 2 atom stereocenters. The number of halogens is 3. The Kier molecular flexibility index (Phi) is 8.81. The molecule has 260 valence electrons. The number of fused-ring (bicyclic) bond motifs is 1. The minimum Gasteiger partial charge on any atom is -0.569 e. The predicted octanol–water partition coefficient (Wildman–Crippen LogP) is 4.44. The summed E-state index contributed by atoms with van der Waals surface area (Å²) in [6, 6.07) is 18.6. The van der Waals surface area contributed by atoms with Gasteiger partial charge in [0, 0.05) is 5.56 Å². The highest BCUT2D eigenvalue weighted by Crippen LogP contribution is 2.33. The molecule has 1 N–H and O–H groups in total. The SMILES string of the molecule is Cc1ccc(-c2cc(C(F)(F)F)nn2-c2ccc(S(=O)(=O)NC(=O)C3CCN(/[N+]([O-])=N/OC(C)N4C(=O)c5ccccc5C4=O)C3)cc2)cc1. The van der Waals surface area contributed by atoms with Crippen LogP contribution in [-0.2, 0) is 25.8 Å². The van der Waals surface area contributed by atoms with E-state index in [-0.39, 0.29) is 51.9 Å². The number of hydrazine groups is 1. The van der Waals surface area contributed by atoms with Crippen molar-refractivity contribution < 1.29 is 45.8 Å². The number of nitrogens with one attached hydrogen (secondary N) is 1. The molecule has 2 aliphatic rings. The van der Waals surface area contributed by atoms with Crippen molar-refractivity contribution in [3.8, 4) is 16.9 Å². The van der Waals surface area contributed by atoms with Crippen LogP contribution in [0.3, 0.4) is 0 Å². The first kappa shape index (κ1) is 34.1. The fourth-order valence-corrected chi connectivity index (χ4v) is 6.59. The maximum absolute atomic E-state index is 13.6. The molecule has 0 aliphatic carbocycles. The quantitative estimate of drug-likeness (QED) is 0.114. The zero-order valence-electron chi connectivity index (χ0n) is 26.4. The third-order valence-electron chi connectivity index (χ3n) is 8.21. The molecule has 6 rings (SSSR count). The van der Waals surface area contributed by atoms with Crippen LogP contribution in [0, 0.1) is 18.0 Å². The molecule has 1 fully saturated rings. The maximum Gasteiger partial charge on any atom is 0.435 e. The number of carbonyl (C=O) groups is 3. The van der Waals surface area contributed by atoms with E-state index in [9.17, 15) is 41.2 Å². The van der Waals surface area contributed by atoms with Gasteiger partial charge in [0.25, 0.3) is 21.8 Å². The minimum absolute atomic E-state index is 0.0116. The Labute approximate surface area is 282 Å². The van der Waals surface area contributed by atoms with Gasteiger partial charge in [-0.05, 0) is 62.7 Å². The summed E-state index contributed by atoms with van der Waals surface area (Å²) in [5.41, 5.74) is 0.893. The Bertz CT molecular complexity index is 2080. The van der Waals surface area contributed by atoms with Gasteiger partial charge in [0.2, 0.25) is 17.4 Å². The van der Waals surface area contributed by atoms with Crippen molar-refractivity contribution in [3.05, 3.63) is 106 Å². The molecule has 2 aliphatic heterocycles. The number of carbonyl (C=O) groups excluding carboxylic acids is 3. The molecule has 0 saturated carbocycles. The van der Waals surface area contributed by atoms with Crippen molar-refractivity contribution >= 4 is 27.7 Å². The van der Waals surface area contributed by atoms with E-state index in [1.165, 1.54) is 31.2 Å². The maximum atomic E-state index is 13.6. The minimum atomic E-state index is -4.72. The van der Waals surface area contributed by atoms with Crippen LogP contribution in [0.4, 0.5) is 13.2 Å². The third kappa shape index (κ3) is 6.60. The number of rotatable bonds is 9. The first-order chi connectivity index (χ1) is 23.6. The monoisotopic (exact) mass is 711 g/mol. The van der Waals surface area contributed by atoms with Crippen molar-refractivity contribution in [3.63, 3.8) is 0 Å². The lowest BCUT2D eigenvalue weighted by Crippen LogP contribution is -2.40. The lowest BCUT2D eigenvalue weighted by Gasteiger charge is -2.19. The van der Waals surface area contributed by atoms with Crippen LogP contribution in [0.2, 0.25) is 0 Å². The Morgan fingerprint density at radius 3 is 2.26 bits per heavy atom. The molecule has 0 radical (unpaired) electrons. The summed E-state index contributed by atoms with van der Waals surface area (Å²) >= 11 is 0. The van der Waals surface area contributed by atoms with E-state index in [0.717, 1.165) is 38.4 Å². The molecule has 50 heavy (non-hydrogen) atoms. The fourth-order valence-electron chi connectivity index (χ4n) is 5.54. The summed E-state index contributed by atoms with van der Waals surface area (Å²) < 4.78 is 69.8. The number of nitrogens with zero attached hydrogens (tertiary/aromatic N) is 6. The van der Waals surface area contributed by atoms with Crippen LogP contribution in [0.5, 0.6) is 0 Å². The van der Waals surface area contributed by atoms with Gasteiger partial charge in [-0.3, -0.25) is 14.4 Å². The van der Waals surface area contributed by atoms with E-state index in [1.807, 2.05) is 11.6 Å². The summed E-state index contributed by atoms with van der Waals surface area (Å²) in [4.78, 5) is 43.8. The van der Waals surface area contributed by atoms with E-state index in [0.29, 0.717) is 5.56 Å². The van der Waals surface area contributed by atoms with Crippen LogP contribution >= 0.6 is 0 Å². The number of imide groups is 1. The van der Waals surface area contributed by atoms with Crippen LogP contribution in [0.25, 0.3) is 16.9 Å². The van der Waals surface area contributed by atoms with E-state index >= 15 is 0 Å². The molecule has 0 bridgehead atoms. The summed E-state index contributed by atoms with van der Waals surface area (Å²) in [6.45, 7) is 2.98. The number of hydrogen-bond donors (Lipinski definition) is 1. The number of benzene rings is 3. The van der Waals surface area contributed by atoms with Gasteiger partial charge < -0.3 is 10.0 Å². The normalized spacial score (nSPS) is 17.2. The topological polar surface area (TPSA) is 169 Å². The Hall–Kier alpha value is -5.78. The average Bonchev–Trinajstić information content (AvgIpc) is 3.82. The fraction of sp³-hybridized carbons (Fsp3) is 0.250. The number of aryl methyl sites for hydroxylation is 1. The third-order valence-corrected chi connectivity index (χ3v) is 9.57.